The number of primary amides is 1. The second-order valence-electron chi connectivity index (χ2n) is 2.01. The molecule has 0 saturated carbocycles. The summed E-state index contributed by atoms with van der Waals surface area (Å²) >= 11 is 0. The molecule has 0 saturated heterocycles. The molecule has 2 N–H and O–H groups in total. The highest BCUT2D eigenvalue weighted by Gasteiger charge is 2.76. The maximum absolute atomic E-state index is 12.3. The van der Waals surface area contributed by atoms with E-state index >= 15 is 0 Å². The molecular weight excluding hydrogens is 227 g/mol. The molecular formula is C4H2F7NO2. The quantitative estimate of drug-likeness (QED) is 0.697. The van der Waals surface area contributed by atoms with Crippen LogP contribution in [0.2, 0.25) is 0 Å². The second-order valence-corrected chi connectivity index (χ2v) is 2.01. The van der Waals surface area contributed by atoms with Crippen molar-refractivity contribution in [1.82, 2.24) is 0 Å². The van der Waals surface area contributed by atoms with E-state index in [9.17, 15) is 35.5 Å². The third-order valence-corrected chi connectivity index (χ3v) is 0.970. The van der Waals surface area contributed by atoms with E-state index in [1.165, 1.54) is 0 Å². The molecule has 0 atom stereocenters. The van der Waals surface area contributed by atoms with Crippen molar-refractivity contribution in [3.05, 3.63) is 0 Å². The van der Waals surface area contributed by atoms with E-state index in [-0.39, 0.29) is 0 Å². The van der Waals surface area contributed by atoms with Gasteiger partial charge in [0.25, 0.3) is 0 Å². The predicted molar refractivity (Wildman–Crippen MR) is 26.6 cm³/mol. The number of rotatable bonds is 1. The van der Waals surface area contributed by atoms with Crippen LogP contribution in [0.5, 0.6) is 0 Å². The Kier molecular flexibility index (Phi) is 2.89. The molecule has 0 aliphatic carbocycles. The summed E-state index contributed by atoms with van der Waals surface area (Å²) in [7, 11) is 0. The van der Waals surface area contributed by atoms with E-state index in [0.717, 1.165) is 0 Å². The van der Waals surface area contributed by atoms with E-state index < -0.39 is 24.3 Å². The van der Waals surface area contributed by atoms with Gasteiger partial charge >= 0.3 is 24.3 Å². The number of halogens is 7. The molecule has 0 bridgehead atoms. The zero-order chi connectivity index (χ0) is 11.8. The fraction of sp³-hybridized carbons (Fsp3) is 0.750. The van der Waals surface area contributed by atoms with Gasteiger partial charge < -0.3 is 10.5 Å². The minimum absolute atomic E-state index is 2.39. The molecule has 0 unspecified atom stereocenters. The van der Waals surface area contributed by atoms with Crippen LogP contribution >= 0.6 is 0 Å². The fourth-order valence-corrected chi connectivity index (χ4v) is 0.415. The van der Waals surface area contributed by atoms with Gasteiger partial charge in [-0.1, -0.05) is 0 Å². The second kappa shape index (κ2) is 3.17. The van der Waals surface area contributed by atoms with E-state index in [1.807, 2.05) is 0 Å². The maximum atomic E-state index is 12.3. The topological polar surface area (TPSA) is 52.3 Å². The highest BCUT2D eigenvalue weighted by molar-refractivity contribution is 5.65. The van der Waals surface area contributed by atoms with E-state index in [4.69, 9.17) is 0 Å². The molecule has 0 rings (SSSR count). The lowest BCUT2D eigenvalue weighted by molar-refractivity contribution is -0.413. The number of alkyl halides is 7. The summed E-state index contributed by atoms with van der Waals surface area (Å²) in [6.07, 6.45) is -15.4. The molecule has 14 heavy (non-hydrogen) atoms. The smallest absolute Gasteiger partial charge is 0.396 e. The Labute approximate surface area is 71.6 Å². The van der Waals surface area contributed by atoms with Crippen molar-refractivity contribution >= 4 is 6.09 Å². The molecule has 0 aliphatic heterocycles. The molecule has 0 aromatic carbocycles. The van der Waals surface area contributed by atoms with Crippen molar-refractivity contribution < 1.29 is 40.3 Å². The number of nitrogens with two attached hydrogens (primary N) is 1. The highest BCUT2D eigenvalue weighted by Crippen LogP contribution is 2.46. The number of amides is 1. The van der Waals surface area contributed by atoms with Crippen molar-refractivity contribution in [3.8, 4) is 0 Å². The third-order valence-electron chi connectivity index (χ3n) is 0.970. The van der Waals surface area contributed by atoms with Crippen LogP contribution in [0.4, 0.5) is 35.5 Å². The Hall–Kier alpha value is -1.22. The first-order chi connectivity index (χ1) is 5.92. The van der Waals surface area contributed by atoms with Crippen LogP contribution in [0.15, 0.2) is 0 Å². The summed E-state index contributed by atoms with van der Waals surface area (Å²) < 4.78 is 83.9. The summed E-state index contributed by atoms with van der Waals surface area (Å²) in [4.78, 5) is 9.67. The number of hydrogen-bond acceptors (Lipinski definition) is 2. The molecule has 0 aromatic heterocycles. The zero-order valence-corrected chi connectivity index (χ0v) is 6.04. The summed E-state index contributed by atoms with van der Waals surface area (Å²) in [6, 6.07) is 0. The van der Waals surface area contributed by atoms with Gasteiger partial charge in [0.05, 0.1) is 0 Å². The molecule has 0 radical (unpaired) electrons. The molecule has 1 amide bonds. The van der Waals surface area contributed by atoms with Gasteiger partial charge in [-0.25, -0.2) is 4.79 Å². The lowest BCUT2D eigenvalue weighted by Gasteiger charge is -2.27. The van der Waals surface area contributed by atoms with Gasteiger partial charge in [-0.15, -0.1) is 0 Å². The monoisotopic (exact) mass is 229 g/mol. The fourth-order valence-electron chi connectivity index (χ4n) is 0.415. The Bertz CT molecular complexity index is 217. The van der Waals surface area contributed by atoms with Crippen LogP contribution in [-0.2, 0) is 4.74 Å². The van der Waals surface area contributed by atoms with Crippen LogP contribution in [-0.4, -0.2) is 24.3 Å². The summed E-state index contributed by atoms with van der Waals surface area (Å²) in [5, 5.41) is 0. The lowest BCUT2D eigenvalue weighted by Crippen LogP contribution is -2.56. The Morgan fingerprint density at radius 3 is 1.29 bits per heavy atom. The Morgan fingerprint density at radius 1 is 0.929 bits per heavy atom. The van der Waals surface area contributed by atoms with Gasteiger partial charge in [-0.3, -0.25) is 0 Å². The van der Waals surface area contributed by atoms with Crippen LogP contribution in [0.25, 0.3) is 0 Å². The zero-order valence-electron chi connectivity index (χ0n) is 6.04. The normalized spacial score (nSPS) is 13.9. The number of ether oxygens (including phenoxy) is 1. The Morgan fingerprint density at radius 2 is 1.21 bits per heavy atom. The first-order valence-electron chi connectivity index (χ1n) is 2.72. The molecule has 3 nitrogen and oxygen atoms in total. The maximum Gasteiger partial charge on any atom is 0.470 e. The highest BCUT2D eigenvalue weighted by atomic mass is 19.4. The molecule has 10 heteroatoms. The molecule has 0 aromatic rings. The number of carbonyl (C=O) groups is 1. The number of carbonyl (C=O) groups excluding carboxylic acids is 1. The Balaban J connectivity index is 5.18. The first kappa shape index (κ1) is 12.8. The molecule has 0 aliphatic rings. The van der Waals surface area contributed by atoms with Crippen LogP contribution in [0, 0.1) is 0 Å². The standard InChI is InChI=1S/C4H2F7NO2/c5-2(3(6,7)8,4(9,10)11)14-1(12)13/h(H2,12,13). The van der Waals surface area contributed by atoms with Crippen molar-refractivity contribution in [2.45, 2.75) is 18.2 Å². The summed E-state index contributed by atoms with van der Waals surface area (Å²) in [5.74, 6) is -6.08. The van der Waals surface area contributed by atoms with Crippen LogP contribution in [0.1, 0.15) is 0 Å². The molecule has 0 heterocycles. The van der Waals surface area contributed by atoms with Crippen molar-refractivity contribution in [3.63, 3.8) is 0 Å². The average molecular weight is 229 g/mol. The molecule has 0 spiro atoms. The van der Waals surface area contributed by atoms with Gasteiger partial charge in [0.1, 0.15) is 0 Å². The van der Waals surface area contributed by atoms with Crippen molar-refractivity contribution in [1.29, 1.82) is 0 Å². The van der Waals surface area contributed by atoms with Crippen LogP contribution in [0.3, 0.4) is 0 Å². The van der Waals surface area contributed by atoms with E-state index in [1.54, 1.807) is 0 Å². The van der Waals surface area contributed by atoms with Gasteiger partial charge in [0.2, 0.25) is 0 Å². The average Bonchev–Trinajstić information content (AvgIpc) is 1.79. The summed E-state index contributed by atoms with van der Waals surface area (Å²) in [5.41, 5.74) is 3.87. The SMILES string of the molecule is NC(=O)OC(F)(C(F)(F)F)C(F)(F)F. The van der Waals surface area contributed by atoms with Crippen molar-refractivity contribution in [2.75, 3.05) is 0 Å². The summed E-state index contributed by atoms with van der Waals surface area (Å²) in [6.45, 7) is 0. The van der Waals surface area contributed by atoms with Crippen LogP contribution < -0.4 is 5.73 Å². The molecule has 0 fully saturated rings. The van der Waals surface area contributed by atoms with Gasteiger partial charge in [0, 0.05) is 0 Å². The van der Waals surface area contributed by atoms with Gasteiger partial charge in [-0.05, 0) is 0 Å². The minimum atomic E-state index is -6.44. The molecule has 84 valence electrons. The predicted octanol–water partition coefficient (Wildman–Crippen LogP) is 1.87. The van der Waals surface area contributed by atoms with E-state index in [0.29, 0.717) is 0 Å². The lowest BCUT2D eigenvalue weighted by atomic mass is 10.3. The minimum Gasteiger partial charge on any atom is -0.396 e. The van der Waals surface area contributed by atoms with Gasteiger partial charge in [0.15, 0.2) is 0 Å². The third kappa shape index (κ3) is 2.17. The van der Waals surface area contributed by atoms with E-state index in [2.05, 4.69) is 10.5 Å². The first-order valence-corrected chi connectivity index (χ1v) is 2.72. The largest absolute Gasteiger partial charge is 0.470 e. The number of hydrogen-bond donors (Lipinski definition) is 1. The van der Waals surface area contributed by atoms with Gasteiger partial charge in [-0.2, -0.15) is 30.7 Å². The van der Waals surface area contributed by atoms with Crippen molar-refractivity contribution in [2.24, 2.45) is 5.73 Å².